The molecule has 2 rings (SSSR count). The monoisotopic (exact) mass is 414 g/mol. The topological polar surface area (TPSA) is 72.5 Å². The number of esters is 1. The Labute approximate surface area is 176 Å². The summed E-state index contributed by atoms with van der Waals surface area (Å²) >= 11 is 0. The van der Waals surface area contributed by atoms with Gasteiger partial charge in [0.1, 0.15) is 23.9 Å². The Balaban J connectivity index is 1.99. The molecule has 0 fully saturated rings. The molecule has 30 heavy (non-hydrogen) atoms. The van der Waals surface area contributed by atoms with Crippen molar-refractivity contribution in [1.29, 1.82) is 0 Å². The summed E-state index contributed by atoms with van der Waals surface area (Å²) in [4.78, 5) is 12.0. The summed E-state index contributed by atoms with van der Waals surface area (Å²) in [5, 5.41) is 0. The van der Waals surface area contributed by atoms with Crippen LogP contribution in [-0.2, 0) is 9.53 Å². The van der Waals surface area contributed by atoms with Gasteiger partial charge in [-0.15, -0.1) is 0 Å². The minimum atomic E-state index is -0.475. The van der Waals surface area contributed by atoms with E-state index in [4.69, 9.17) is 28.4 Å². The highest BCUT2D eigenvalue weighted by molar-refractivity contribution is 5.87. The molecule has 0 aliphatic heterocycles. The second-order valence-electron chi connectivity index (χ2n) is 5.92. The normalized spacial score (nSPS) is 10.8. The fraction of sp³-hybridized carbons (Fsp3) is 0.261. The molecule has 0 bridgehead atoms. The highest BCUT2D eigenvalue weighted by atomic mass is 16.5. The molecular weight excluding hydrogens is 388 g/mol. The van der Waals surface area contributed by atoms with Crippen LogP contribution in [0.15, 0.2) is 42.5 Å². The summed E-state index contributed by atoms with van der Waals surface area (Å²) < 4.78 is 31.6. The lowest BCUT2D eigenvalue weighted by molar-refractivity contribution is -0.136. The van der Waals surface area contributed by atoms with Crippen molar-refractivity contribution in [2.24, 2.45) is 0 Å². The predicted octanol–water partition coefficient (Wildman–Crippen LogP) is 4.00. The minimum absolute atomic E-state index is 0.0976. The third-order valence-corrected chi connectivity index (χ3v) is 4.19. The largest absolute Gasteiger partial charge is 0.497 e. The predicted molar refractivity (Wildman–Crippen MR) is 115 cm³/mol. The molecule has 0 unspecified atom stereocenters. The van der Waals surface area contributed by atoms with Gasteiger partial charge in [0.15, 0.2) is 11.5 Å². The van der Waals surface area contributed by atoms with Crippen molar-refractivity contribution in [3.05, 3.63) is 53.6 Å². The van der Waals surface area contributed by atoms with Crippen LogP contribution in [-0.4, -0.2) is 48.1 Å². The first-order valence-corrected chi connectivity index (χ1v) is 9.09. The molecule has 0 amide bonds. The van der Waals surface area contributed by atoms with E-state index in [1.807, 2.05) is 0 Å². The first-order valence-electron chi connectivity index (χ1n) is 9.09. The van der Waals surface area contributed by atoms with E-state index in [1.165, 1.54) is 6.08 Å². The Morgan fingerprint density at radius 2 is 1.37 bits per heavy atom. The van der Waals surface area contributed by atoms with Crippen molar-refractivity contribution in [2.45, 2.75) is 0 Å². The molecule has 0 radical (unpaired) electrons. The van der Waals surface area contributed by atoms with E-state index in [-0.39, 0.29) is 6.61 Å². The number of ether oxygens (including phenoxy) is 6. The van der Waals surface area contributed by atoms with E-state index < -0.39 is 5.97 Å². The average molecular weight is 414 g/mol. The molecular formula is C23H26O7. The summed E-state index contributed by atoms with van der Waals surface area (Å²) in [6.45, 7) is 0.0976. The van der Waals surface area contributed by atoms with Crippen LogP contribution in [0.1, 0.15) is 11.1 Å². The molecule has 0 saturated heterocycles. The third kappa shape index (κ3) is 5.94. The molecule has 0 N–H and O–H groups in total. The van der Waals surface area contributed by atoms with Crippen LogP contribution in [0.4, 0.5) is 0 Å². The fourth-order valence-corrected chi connectivity index (χ4v) is 2.65. The van der Waals surface area contributed by atoms with Gasteiger partial charge in [-0.2, -0.15) is 0 Å². The Morgan fingerprint density at radius 3 is 2.00 bits per heavy atom. The lowest BCUT2D eigenvalue weighted by Crippen LogP contribution is -2.00. The fourth-order valence-electron chi connectivity index (χ4n) is 2.65. The van der Waals surface area contributed by atoms with Crippen LogP contribution < -0.4 is 23.7 Å². The standard InChI is InChI=1S/C23H26O7/c1-25-18-10-8-16(19(14-18)26-2)9-11-23(24)30-12-6-7-17-13-21(28-4)22(29-5)15-20(17)27-3/h6-11,13-15H,12H2,1-5H3/b7-6+,11-9+. The molecule has 0 saturated carbocycles. The van der Waals surface area contributed by atoms with E-state index in [1.54, 1.807) is 84.1 Å². The van der Waals surface area contributed by atoms with Gasteiger partial charge in [0.25, 0.3) is 0 Å². The molecule has 0 aromatic heterocycles. The molecule has 0 spiro atoms. The van der Waals surface area contributed by atoms with E-state index in [0.717, 1.165) is 11.1 Å². The first kappa shape index (κ1) is 22.7. The van der Waals surface area contributed by atoms with Crippen molar-refractivity contribution in [1.82, 2.24) is 0 Å². The second-order valence-corrected chi connectivity index (χ2v) is 5.92. The number of methoxy groups -OCH3 is 5. The van der Waals surface area contributed by atoms with Crippen LogP contribution >= 0.6 is 0 Å². The number of hydrogen-bond acceptors (Lipinski definition) is 7. The third-order valence-electron chi connectivity index (χ3n) is 4.19. The van der Waals surface area contributed by atoms with Crippen molar-refractivity contribution in [3.63, 3.8) is 0 Å². The second kappa shape index (κ2) is 11.4. The number of carbonyl (C=O) groups excluding carboxylic acids is 1. The van der Waals surface area contributed by atoms with Crippen LogP contribution in [0.25, 0.3) is 12.2 Å². The molecule has 2 aromatic carbocycles. The van der Waals surface area contributed by atoms with Gasteiger partial charge in [-0.25, -0.2) is 4.79 Å². The molecule has 0 heterocycles. The summed E-state index contributed by atoms with van der Waals surface area (Å²) in [5.74, 6) is 2.54. The number of hydrogen-bond donors (Lipinski definition) is 0. The van der Waals surface area contributed by atoms with Crippen molar-refractivity contribution in [2.75, 3.05) is 42.2 Å². The lowest BCUT2D eigenvalue weighted by atomic mass is 10.1. The van der Waals surface area contributed by atoms with Gasteiger partial charge in [0, 0.05) is 29.3 Å². The molecule has 160 valence electrons. The minimum Gasteiger partial charge on any atom is -0.497 e. The van der Waals surface area contributed by atoms with Crippen molar-refractivity contribution in [3.8, 4) is 28.7 Å². The van der Waals surface area contributed by atoms with Crippen molar-refractivity contribution >= 4 is 18.1 Å². The van der Waals surface area contributed by atoms with Gasteiger partial charge < -0.3 is 28.4 Å². The van der Waals surface area contributed by atoms with Crippen LogP contribution in [0, 0.1) is 0 Å². The van der Waals surface area contributed by atoms with Gasteiger partial charge in [0.05, 0.1) is 35.5 Å². The molecule has 0 aliphatic carbocycles. The zero-order valence-electron chi connectivity index (χ0n) is 17.8. The van der Waals surface area contributed by atoms with Gasteiger partial charge in [-0.05, 0) is 30.4 Å². The molecule has 0 atom stereocenters. The molecule has 0 aliphatic rings. The van der Waals surface area contributed by atoms with Gasteiger partial charge in [-0.1, -0.05) is 6.08 Å². The Kier molecular flexibility index (Phi) is 8.62. The van der Waals surface area contributed by atoms with Crippen LogP contribution in [0.5, 0.6) is 28.7 Å². The quantitative estimate of drug-likeness (QED) is 0.430. The number of carbonyl (C=O) groups is 1. The first-order chi connectivity index (χ1) is 14.6. The Morgan fingerprint density at radius 1 is 0.733 bits per heavy atom. The van der Waals surface area contributed by atoms with E-state index >= 15 is 0 Å². The molecule has 7 nitrogen and oxygen atoms in total. The summed E-state index contributed by atoms with van der Waals surface area (Å²) in [7, 11) is 7.81. The lowest BCUT2D eigenvalue weighted by Gasteiger charge is -2.12. The van der Waals surface area contributed by atoms with Crippen molar-refractivity contribution < 1.29 is 33.2 Å². The van der Waals surface area contributed by atoms with Gasteiger partial charge >= 0.3 is 5.97 Å². The van der Waals surface area contributed by atoms with Gasteiger partial charge in [-0.3, -0.25) is 0 Å². The van der Waals surface area contributed by atoms with E-state index in [0.29, 0.717) is 28.7 Å². The maximum atomic E-state index is 12.0. The smallest absolute Gasteiger partial charge is 0.331 e. The SMILES string of the molecule is COc1ccc(/C=C/C(=O)OC/C=C/c2cc(OC)c(OC)cc2OC)c(OC)c1. The summed E-state index contributed by atoms with van der Waals surface area (Å²) in [6.07, 6.45) is 6.46. The Bertz CT molecular complexity index is 916. The molecule has 7 heteroatoms. The van der Waals surface area contributed by atoms with Gasteiger partial charge in [0.2, 0.25) is 0 Å². The number of benzene rings is 2. The van der Waals surface area contributed by atoms with E-state index in [2.05, 4.69) is 0 Å². The highest BCUT2D eigenvalue weighted by Crippen LogP contribution is 2.35. The maximum absolute atomic E-state index is 12.0. The zero-order chi connectivity index (χ0) is 21.9. The summed E-state index contributed by atoms with van der Waals surface area (Å²) in [5.41, 5.74) is 1.51. The average Bonchev–Trinajstić information content (AvgIpc) is 2.79. The van der Waals surface area contributed by atoms with Crippen LogP contribution in [0.2, 0.25) is 0 Å². The van der Waals surface area contributed by atoms with Crippen LogP contribution in [0.3, 0.4) is 0 Å². The summed E-state index contributed by atoms with van der Waals surface area (Å²) in [6, 6.07) is 8.84. The Hall–Kier alpha value is -3.61. The molecule has 2 aromatic rings. The highest BCUT2D eigenvalue weighted by Gasteiger charge is 2.10. The van der Waals surface area contributed by atoms with E-state index in [9.17, 15) is 4.79 Å². The maximum Gasteiger partial charge on any atom is 0.331 e. The number of rotatable bonds is 10. The zero-order valence-corrected chi connectivity index (χ0v) is 17.8.